The van der Waals surface area contributed by atoms with Crippen LogP contribution in [-0.2, 0) is 13.0 Å². The van der Waals surface area contributed by atoms with Crippen molar-refractivity contribution in [1.29, 1.82) is 0 Å². The fourth-order valence-electron chi connectivity index (χ4n) is 2.13. The molecule has 0 radical (unpaired) electrons. The molecule has 0 saturated carbocycles. The molecule has 0 saturated heterocycles. The molecule has 2 aromatic rings. The topological polar surface area (TPSA) is 61.6 Å². The predicted octanol–water partition coefficient (Wildman–Crippen LogP) is 3.48. The lowest BCUT2D eigenvalue weighted by atomic mass is 10.1. The van der Waals surface area contributed by atoms with Crippen LogP contribution < -0.4 is 9.47 Å². The number of ether oxygens (including phenoxy) is 2. The number of rotatable bonds is 8. The molecule has 0 unspecified atom stereocenters. The highest BCUT2D eigenvalue weighted by atomic mass is 16.6. The first-order valence-corrected chi connectivity index (χ1v) is 7.14. The average Bonchev–Trinajstić information content (AvgIpc) is 2.54. The van der Waals surface area contributed by atoms with Crippen molar-refractivity contribution < 1.29 is 14.4 Å². The van der Waals surface area contributed by atoms with Crippen molar-refractivity contribution in [3.8, 4) is 11.5 Å². The maximum absolute atomic E-state index is 10.3. The minimum Gasteiger partial charge on any atom is -0.493 e. The van der Waals surface area contributed by atoms with Crippen LogP contribution in [0.15, 0.2) is 48.5 Å². The van der Waals surface area contributed by atoms with Gasteiger partial charge in [0.1, 0.15) is 6.61 Å². The smallest absolute Gasteiger partial charge is 0.204 e. The lowest BCUT2D eigenvalue weighted by Crippen LogP contribution is -2.02. The Balaban J connectivity index is 1.98. The largest absolute Gasteiger partial charge is 0.493 e. The van der Waals surface area contributed by atoms with E-state index in [1.807, 2.05) is 48.5 Å². The van der Waals surface area contributed by atoms with Crippen LogP contribution in [0.25, 0.3) is 0 Å². The van der Waals surface area contributed by atoms with E-state index in [1.165, 1.54) is 0 Å². The van der Waals surface area contributed by atoms with Gasteiger partial charge in [0.15, 0.2) is 11.5 Å². The van der Waals surface area contributed by atoms with Gasteiger partial charge in [-0.2, -0.15) is 0 Å². The van der Waals surface area contributed by atoms with Gasteiger partial charge in [0.2, 0.25) is 6.54 Å². The zero-order valence-corrected chi connectivity index (χ0v) is 12.5. The van der Waals surface area contributed by atoms with Crippen molar-refractivity contribution in [3.63, 3.8) is 0 Å². The van der Waals surface area contributed by atoms with Crippen molar-refractivity contribution in [3.05, 3.63) is 69.8 Å². The number of methoxy groups -OCH3 is 1. The van der Waals surface area contributed by atoms with Gasteiger partial charge < -0.3 is 9.47 Å². The molecule has 5 nitrogen and oxygen atoms in total. The van der Waals surface area contributed by atoms with Gasteiger partial charge in [-0.1, -0.05) is 36.4 Å². The predicted molar refractivity (Wildman–Crippen MR) is 84.0 cm³/mol. The zero-order chi connectivity index (χ0) is 15.8. The van der Waals surface area contributed by atoms with Gasteiger partial charge in [-0.15, -0.1) is 0 Å². The van der Waals surface area contributed by atoms with Gasteiger partial charge in [0.05, 0.1) is 7.11 Å². The van der Waals surface area contributed by atoms with E-state index in [-0.39, 0.29) is 11.5 Å². The van der Waals surface area contributed by atoms with Crippen LogP contribution in [0.5, 0.6) is 11.5 Å². The molecule has 0 amide bonds. The molecule has 0 spiro atoms. The van der Waals surface area contributed by atoms with Crippen molar-refractivity contribution in [1.82, 2.24) is 0 Å². The Kier molecular flexibility index (Phi) is 5.77. The molecule has 116 valence electrons. The second-order valence-electron chi connectivity index (χ2n) is 4.92. The zero-order valence-electron chi connectivity index (χ0n) is 12.5. The first-order valence-electron chi connectivity index (χ1n) is 7.14. The summed E-state index contributed by atoms with van der Waals surface area (Å²) in [5.74, 6) is 1.32. The molecule has 22 heavy (non-hydrogen) atoms. The maximum atomic E-state index is 10.3. The van der Waals surface area contributed by atoms with Crippen LogP contribution >= 0.6 is 0 Å². The molecule has 0 aromatic heterocycles. The van der Waals surface area contributed by atoms with Gasteiger partial charge in [0, 0.05) is 11.3 Å². The van der Waals surface area contributed by atoms with Crippen molar-refractivity contribution in [2.24, 2.45) is 0 Å². The molecular formula is C17H19NO4. The maximum Gasteiger partial charge on any atom is 0.204 e. The van der Waals surface area contributed by atoms with Crippen molar-refractivity contribution >= 4 is 0 Å². The third-order valence-corrected chi connectivity index (χ3v) is 3.27. The van der Waals surface area contributed by atoms with Gasteiger partial charge in [-0.25, -0.2) is 0 Å². The Bertz CT molecular complexity index is 613. The fourth-order valence-corrected chi connectivity index (χ4v) is 2.13. The lowest BCUT2D eigenvalue weighted by Gasteiger charge is -2.12. The van der Waals surface area contributed by atoms with E-state index in [9.17, 15) is 10.1 Å². The molecule has 0 aliphatic heterocycles. The summed E-state index contributed by atoms with van der Waals surface area (Å²) in [6.45, 7) is 0.451. The molecule has 0 N–H and O–H groups in total. The number of nitro groups is 1. The summed E-state index contributed by atoms with van der Waals surface area (Å²) in [6, 6.07) is 15.5. The van der Waals surface area contributed by atoms with Crippen LogP contribution in [0.4, 0.5) is 0 Å². The lowest BCUT2D eigenvalue weighted by molar-refractivity contribution is -0.480. The van der Waals surface area contributed by atoms with Gasteiger partial charge in [0.25, 0.3) is 0 Å². The highest BCUT2D eigenvalue weighted by Crippen LogP contribution is 2.29. The SMILES string of the molecule is COc1cc(CCC[N+](=O)[O-])ccc1OCc1ccccc1. The third kappa shape index (κ3) is 4.77. The van der Waals surface area contributed by atoms with Crippen molar-refractivity contribution in [2.75, 3.05) is 13.7 Å². The Labute approximate surface area is 129 Å². The Morgan fingerprint density at radius 3 is 2.50 bits per heavy atom. The van der Waals surface area contributed by atoms with E-state index >= 15 is 0 Å². The van der Waals surface area contributed by atoms with E-state index in [2.05, 4.69) is 0 Å². The molecule has 0 aliphatic rings. The molecule has 2 rings (SSSR count). The number of nitrogens with zero attached hydrogens (tertiary/aromatic N) is 1. The van der Waals surface area contributed by atoms with E-state index in [0.717, 1.165) is 11.1 Å². The van der Waals surface area contributed by atoms with Crippen LogP contribution in [0.2, 0.25) is 0 Å². The number of hydrogen-bond acceptors (Lipinski definition) is 4. The first kappa shape index (κ1) is 15.8. The van der Waals surface area contributed by atoms with Crippen molar-refractivity contribution in [2.45, 2.75) is 19.4 Å². The summed E-state index contributed by atoms with van der Waals surface area (Å²) in [7, 11) is 1.59. The monoisotopic (exact) mass is 301 g/mol. The molecule has 0 aliphatic carbocycles. The van der Waals surface area contributed by atoms with E-state index in [0.29, 0.717) is 30.9 Å². The Hall–Kier alpha value is -2.56. The quantitative estimate of drug-likeness (QED) is 0.553. The Morgan fingerprint density at radius 1 is 1.05 bits per heavy atom. The number of benzene rings is 2. The highest BCUT2D eigenvalue weighted by molar-refractivity contribution is 5.43. The first-order chi connectivity index (χ1) is 10.7. The Morgan fingerprint density at radius 2 is 1.82 bits per heavy atom. The van der Waals surface area contributed by atoms with Crippen LogP contribution in [0.1, 0.15) is 17.5 Å². The number of aryl methyl sites for hydroxylation is 1. The second kappa shape index (κ2) is 8.02. The standard InChI is InChI=1S/C17H19NO4/c1-21-17-12-14(8-5-11-18(19)20)9-10-16(17)22-13-15-6-3-2-4-7-15/h2-4,6-7,9-10,12H,5,8,11,13H2,1H3. The van der Waals surface area contributed by atoms with Crippen LogP contribution in [0, 0.1) is 10.1 Å². The molecule has 2 aromatic carbocycles. The van der Waals surface area contributed by atoms with Crippen LogP contribution in [0.3, 0.4) is 0 Å². The van der Waals surface area contributed by atoms with Crippen LogP contribution in [-0.4, -0.2) is 18.6 Å². The van der Waals surface area contributed by atoms with Gasteiger partial charge >= 0.3 is 0 Å². The minimum absolute atomic E-state index is 0.0193. The van der Waals surface area contributed by atoms with E-state index in [1.54, 1.807) is 7.11 Å². The highest BCUT2D eigenvalue weighted by Gasteiger charge is 2.07. The third-order valence-electron chi connectivity index (χ3n) is 3.27. The van der Waals surface area contributed by atoms with E-state index in [4.69, 9.17) is 9.47 Å². The second-order valence-corrected chi connectivity index (χ2v) is 4.92. The van der Waals surface area contributed by atoms with E-state index < -0.39 is 0 Å². The fraction of sp³-hybridized carbons (Fsp3) is 0.294. The van der Waals surface area contributed by atoms with Gasteiger partial charge in [-0.05, 0) is 29.7 Å². The molecule has 0 bridgehead atoms. The van der Waals surface area contributed by atoms with Gasteiger partial charge in [-0.3, -0.25) is 10.1 Å². The number of hydrogen-bond donors (Lipinski definition) is 0. The summed E-state index contributed by atoms with van der Waals surface area (Å²) in [5.41, 5.74) is 2.09. The summed E-state index contributed by atoms with van der Waals surface area (Å²) < 4.78 is 11.1. The minimum atomic E-state index is -0.297. The summed E-state index contributed by atoms with van der Waals surface area (Å²) in [5, 5.41) is 10.3. The molecule has 0 heterocycles. The molecule has 0 atom stereocenters. The molecule has 5 heteroatoms. The molecule has 0 fully saturated rings. The average molecular weight is 301 g/mol. The molecular weight excluding hydrogens is 282 g/mol. The normalized spacial score (nSPS) is 10.2. The summed E-state index contributed by atoms with van der Waals surface area (Å²) in [6.07, 6.45) is 1.16. The summed E-state index contributed by atoms with van der Waals surface area (Å²) in [4.78, 5) is 10.1. The summed E-state index contributed by atoms with van der Waals surface area (Å²) >= 11 is 0.